The van der Waals surface area contributed by atoms with E-state index in [0.717, 1.165) is 19.5 Å². The van der Waals surface area contributed by atoms with Crippen molar-refractivity contribution in [3.63, 3.8) is 0 Å². The fourth-order valence-corrected chi connectivity index (χ4v) is 3.26. The van der Waals surface area contributed by atoms with Crippen LogP contribution in [-0.4, -0.2) is 54.3 Å². The maximum Gasteiger partial charge on any atom is 0.253 e. The number of hydrogen-bond donors (Lipinski definition) is 1. The standard InChI is InChI=1S/C19H29N3O2/c1-4-22(5-2)19(24)16-9-6-10-17(12-16)20-18(23)14-21-11-7-8-15(3)13-21/h6,9-10,12,15H,4-5,7-8,11,13-14H2,1-3H3,(H,20,23). The Bertz CT molecular complexity index is 569. The van der Waals surface area contributed by atoms with E-state index >= 15 is 0 Å². The summed E-state index contributed by atoms with van der Waals surface area (Å²) in [5.74, 6) is 0.638. The van der Waals surface area contributed by atoms with Crippen LogP contribution < -0.4 is 5.32 Å². The molecule has 2 amide bonds. The van der Waals surface area contributed by atoms with Gasteiger partial charge >= 0.3 is 0 Å². The van der Waals surface area contributed by atoms with Crippen LogP contribution in [0.15, 0.2) is 24.3 Å². The molecule has 0 radical (unpaired) electrons. The Balaban J connectivity index is 1.96. The predicted molar refractivity (Wildman–Crippen MR) is 97.2 cm³/mol. The van der Waals surface area contributed by atoms with Gasteiger partial charge in [0.05, 0.1) is 6.54 Å². The normalized spacial score (nSPS) is 18.2. The summed E-state index contributed by atoms with van der Waals surface area (Å²) in [6, 6.07) is 7.20. The second-order valence-electron chi connectivity index (χ2n) is 6.59. The number of anilines is 1. The van der Waals surface area contributed by atoms with Gasteiger partial charge in [-0.25, -0.2) is 0 Å². The van der Waals surface area contributed by atoms with Gasteiger partial charge in [-0.1, -0.05) is 13.0 Å². The zero-order valence-corrected chi connectivity index (χ0v) is 15.0. The van der Waals surface area contributed by atoms with E-state index in [-0.39, 0.29) is 11.8 Å². The first-order valence-electron chi connectivity index (χ1n) is 8.95. The molecular weight excluding hydrogens is 302 g/mol. The first-order chi connectivity index (χ1) is 11.5. The van der Waals surface area contributed by atoms with Crippen molar-refractivity contribution in [3.8, 4) is 0 Å². The lowest BCUT2D eigenvalue weighted by molar-refractivity contribution is -0.117. The number of nitrogens with zero attached hydrogens (tertiary/aromatic N) is 2. The van der Waals surface area contributed by atoms with Crippen LogP contribution in [0.4, 0.5) is 5.69 Å². The van der Waals surface area contributed by atoms with Gasteiger partial charge in [0.1, 0.15) is 0 Å². The molecule has 0 bridgehead atoms. The van der Waals surface area contributed by atoms with Gasteiger partial charge in [0, 0.05) is 30.9 Å². The van der Waals surface area contributed by atoms with Gasteiger partial charge in [0.15, 0.2) is 0 Å². The summed E-state index contributed by atoms with van der Waals surface area (Å²) in [5, 5.41) is 2.92. The molecule has 0 aromatic heterocycles. The molecule has 1 fully saturated rings. The summed E-state index contributed by atoms with van der Waals surface area (Å²) in [5.41, 5.74) is 1.30. The molecule has 1 atom stereocenters. The second-order valence-corrected chi connectivity index (χ2v) is 6.59. The first kappa shape index (κ1) is 18.5. The molecule has 132 valence electrons. The Hall–Kier alpha value is -1.88. The monoisotopic (exact) mass is 331 g/mol. The van der Waals surface area contributed by atoms with E-state index in [1.54, 1.807) is 17.0 Å². The van der Waals surface area contributed by atoms with Crippen molar-refractivity contribution in [2.75, 3.05) is 38.0 Å². The molecule has 0 aliphatic carbocycles. The Morgan fingerprint density at radius 1 is 1.29 bits per heavy atom. The Kier molecular flexibility index (Phi) is 6.79. The van der Waals surface area contributed by atoms with Crippen molar-refractivity contribution in [2.24, 2.45) is 5.92 Å². The third kappa shape index (κ3) is 5.06. The van der Waals surface area contributed by atoms with E-state index in [2.05, 4.69) is 17.1 Å². The lowest BCUT2D eigenvalue weighted by atomic mass is 10.0. The van der Waals surface area contributed by atoms with Gasteiger partial charge in [-0.15, -0.1) is 0 Å². The number of benzene rings is 1. The van der Waals surface area contributed by atoms with Gasteiger partial charge < -0.3 is 10.2 Å². The minimum atomic E-state index is -0.0171. The van der Waals surface area contributed by atoms with Crippen molar-refractivity contribution in [1.29, 1.82) is 0 Å². The molecule has 1 N–H and O–H groups in total. The average Bonchev–Trinajstić information content (AvgIpc) is 2.56. The third-order valence-electron chi connectivity index (χ3n) is 4.55. The highest BCUT2D eigenvalue weighted by Crippen LogP contribution is 2.16. The van der Waals surface area contributed by atoms with Gasteiger partial charge in [0.25, 0.3) is 5.91 Å². The molecule has 5 heteroatoms. The number of likely N-dealkylation sites (tertiary alicyclic amines) is 1. The number of nitrogens with one attached hydrogen (secondary N) is 1. The number of carbonyl (C=O) groups is 2. The zero-order valence-electron chi connectivity index (χ0n) is 15.0. The molecule has 1 aromatic carbocycles. The van der Waals surface area contributed by atoms with Crippen LogP contribution in [0.25, 0.3) is 0 Å². The number of hydrogen-bond acceptors (Lipinski definition) is 3. The summed E-state index contributed by atoms with van der Waals surface area (Å²) < 4.78 is 0. The average molecular weight is 331 g/mol. The van der Waals surface area contributed by atoms with Gasteiger partial charge in [-0.05, 0) is 57.4 Å². The molecule has 0 spiro atoms. The van der Waals surface area contributed by atoms with E-state index in [1.165, 1.54) is 6.42 Å². The van der Waals surface area contributed by atoms with Crippen molar-refractivity contribution in [3.05, 3.63) is 29.8 Å². The van der Waals surface area contributed by atoms with Crippen LogP contribution in [0.1, 0.15) is 44.0 Å². The maximum absolute atomic E-state index is 12.4. The van der Waals surface area contributed by atoms with Crippen molar-refractivity contribution < 1.29 is 9.59 Å². The smallest absolute Gasteiger partial charge is 0.253 e. The van der Waals surface area contributed by atoms with E-state index < -0.39 is 0 Å². The predicted octanol–water partition coefficient (Wildman–Crippen LogP) is 2.84. The molecule has 1 unspecified atom stereocenters. The van der Waals surface area contributed by atoms with Crippen LogP contribution in [0.2, 0.25) is 0 Å². The van der Waals surface area contributed by atoms with Crippen molar-refractivity contribution in [2.45, 2.75) is 33.6 Å². The van der Waals surface area contributed by atoms with E-state index in [4.69, 9.17) is 0 Å². The molecule has 2 rings (SSSR count). The quantitative estimate of drug-likeness (QED) is 0.872. The third-order valence-corrected chi connectivity index (χ3v) is 4.55. The minimum absolute atomic E-state index is 0.000884. The zero-order chi connectivity index (χ0) is 17.5. The van der Waals surface area contributed by atoms with Crippen LogP contribution in [0, 0.1) is 5.92 Å². The molecule has 1 aliphatic heterocycles. The first-order valence-corrected chi connectivity index (χ1v) is 8.95. The summed E-state index contributed by atoms with van der Waals surface area (Å²) in [6.07, 6.45) is 2.40. The van der Waals surface area contributed by atoms with Gasteiger partial charge in [-0.3, -0.25) is 14.5 Å². The molecule has 1 aliphatic rings. The summed E-state index contributed by atoms with van der Waals surface area (Å²) >= 11 is 0. The molecule has 0 saturated carbocycles. The van der Waals surface area contributed by atoms with Crippen LogP contribution in [-0.2, 0) is 4.79 Å². The number of rotatable bonds is 6. The summed E-state index contributed by atoms with van der Waals surface area (Å²) in [6.45, 7) is 9.90. The molecule has 1 heterocycles. The van der Waals surface area contributed by atoms with E-state index in [1.807, 2.05) is 26.0 Å². The highest BCUT2D eigenvalue weighted by Gasteiger charge is 2.19. The number of carbonyl (C=O) groups excluding carboxylic acids is 2. The molecule has 5 nitrogen and oxygen atoms in total. The Morgan fingerprint density at radius 3 is 2.71 bits per heavy atom. The summed E-state index contributed by atoms with van der Waals surface area (Å²) in [4.78, 5) is 28.6. The molecule has 1 aromatic rings. The van der Waals surface area contributed by atoms with Crippen molar-refractivity contribution in [1.82, 2.24) is 9.80 Å². The van der Waals surface area contributed by atoms with Crippen LogP contribution >= 0.6 is 0 Å². The minimum Gasteiger partial charge on any atom is -0.339 e. The van der Waals surface area contributed by atoms with Gasteiger partial charge in [-0.2, -0.15) is 0 Å². The van der Waals surface area contributed by atoms with Crippen LogP contribution in [0.5, 0.6) is 0 Å². The number of amides is 2. The second kappa shape index (κ2) is 8.83. The van der Waals surface area contributed by atoms with E-state index in [0.29, 0.717) is 36.8 Å². The fraction of sp³-hybridized carbons (Fsp3) is 0.579. The maximum atomic E-state index is 12.4. The number of piperidine rings is 1. The largest absolute Gasteiger partial charge is 0.339 e. The highest BCUT2D eigenvalue weighted by molar-refractivity contribution is 5.97. The molecule has 24 heavy (non-hydrogen) atoms. The SMILES string of the molecule is CCN(CC)C(=O)c1cccc(NC(=O)CN2CCCC(C)C2)c1. The topological polar surface area (TPSA) is 52.7 Å². The lowest BCUT2D eigenvalue weighted by Crippen LogP contribution is -2.39. The van der Waals surface area contributed by atoms with Gasteiger partial charge in [0.2, 0.25) is 5.91 Å². The van der Waals surface area contributed by atoms with Crippen LogP contribution in [0.3, 0.4) is 0 Å². The highest BCUT2D eigenvalue weighted by atomic mass is 16.2. The van der Waals surface area contributed by atoms with Crippen molar-refractivity contribution >= 4 is 17.5 Å². The molecule has 1 saturated heterocycles. The Morgan fingerprint density at radius 2 is 2.04 bits per heavy atom. The lowest BCUT2D eigenvalue weighted by Gasteiger charge is -2.30. The summed E-state index contributed by atoms with van der Waals surface area (Å²) in [7, 11) is 0. The fourth-order valence-electron chi connectivity index (χ4n) is 3.26. The molecular formula is C19H29N3O2. The Labute approximate surface area is 145 Å². The van der Waals surface area contributed by atoms with E-state index in [9.17, 15) is 9.59 Å².